The highest BCUT2D eigenvalue weighted by atomic mass is 16.5. The van der Waals surface area contributed by atoms with Crippen molar-refractivity contribution in [2.24, 2.45) is 11.8 Å². The van der Waals surface area contributed by atoms with Crippen molar-refractivity contribution in [3.8, 4) is 11.1 Å². The number of rotatable bonds is 2. The molecule has 126 valence electrons. The first kappa shape index (κ1) is 15.4. The average molecular weight is 325 g/mol. The molecular formula is C19H23N3O2. The van der Waals surface area contributed by atoms with E-state index in [0.29, 0.717) is 5.92 Å². The van der Waals surface area contributed by atoms with Crippen molar-refractivity contribution in [3.05, 3.63) is 35.2 Å². The van der Waals surface area contributed by atoms with Crippen molar-refractivity contribution in [3.63, 3.8) is 0 Å². The van der Waals surface area contributed by atoms with Crippen LogP contribution in [0.25, 0.3) is 11.1 Å². The maximum Gasteiger partial charge on any atom is 0.249 e. The zero-order chi connectivity index (χ0) is 16.8. The van der Waals surface area contributed by atoms with Crippen LogP contribution in [-0.4, -0.2) is 11.1 Å². The molecule has 5 nitrogen and oxygen atoms in total. The summed E-state index contributed by atoms with van der Waals surface area (Å²) in [5.41, 5.74) is 4.84. The van der Waals surface area contributed by atoms with Gasteiger partial charge in [-0.3, -0.25) is 4.79 Å². The Kier molecular flexibility index (Phi) is 3.68. The van der Waals surface area contributed by atoms with Gasteiger partial charge in [0.2, 0.25) is 5.91 Å². The van der Waals surface area contributed by atoms with E-state index in [0.717, 1.165) is 46.7 Å². The molecule has 1 aliphatic heterocycles. The van der Waals surface area contributed by atoms with Gasteiger partial charge in [0.25, 0.3) is 0 Å². The zero-order valence-electron chi connectivity index (χ0n) is 14.2. The van der Waals surface area contributed by atoms with E-state index in [1.54, 1.807) is 0 Å². The summed E-state index contributed by atoms with van der Waals surface area (Å²) >= 11 is 0. The first-order chi connectivity index (χ1) is 11.6. The Labute approximate surface area is 141 Å². The lowest BCUT2D eigenvalue weighted by atomic mass is 9.77. The molecule has 2 N–H and O–H groups in total. The molecule has 1 aromatic carbocycles. The number of hydrogen-bond acceptors (Lipinski definition) is 4. The first-order valence-electron chi connectivity index (χ1n) is 8.74. The molecule has 2 aromatic rings. The van der Waals surface area contributed by atoms with Crippen LogP contribution in [0.1, 0.15) is 55.0 Å². The van der Waals surface area contributed by atoms with Crippen molar-refractivity contribution >= 4 is 11.6 Å². The number of benzene rings is 1. The van der Waals surface area contributed by atoms with E-state index in [4.69, 9.17) is 10.4 Å². The van der Waals surface area contributed by atoms with Gasteiger partial charge in [0, 0.05) is 5.56 Å². The molecule has 1 atom stereocenters. The second-order valence-electron chi connectivity index (χ2n) is 7.06. The van der Waals surface area contributed by atoms with Crippen molar-refractivity contribution in [1.29, 1.82) is 0 Å². The van der Waals surface area contributed by atoms with Crippen LogP contribution in [0.15, 0.2) is 22.7 Å². The van der Waals surface area contributed by atoms with E-state index in [-0.39, 0.29) is 11.8 Å². The van der Waals surface area contributed by atoms with Gasteiger partial charge in [-0.2, -0.15) is 0 Å². The summed E-state index contributed by atoms with van der Waals surface area (Å²) < 4.78 is 5.30. The van der Waals surface area contributed by atoms with Crippen molar-refractivity contribution in [1.82, 2.24) is 5.16 Å². The summed E-state index contributed by atoms with van der Waals surface area (Å²) in [4.78, 5) is 12.8. The number of amides is 1. The van der Waals surface area contributed by atoms with Gasteiger partial charge in [-0.25, -0.2) is 10.9 Å². The molecule has 0 bridgehead atoms. The van der Waals surface area contributed by atoms with Crippen LogP contribution in [-0.2, 0) is 4.79 Å². The van der Waals surface area contributed by atoms with Gasteiger partial charge < -0.3 is 4.52 Å². The van der Waals surface area contributed by atoms with Crippen LogP contribution < -0.4 is 10.9 Å². The molecule has 2 aliphatic rings. The van der Waals surface area contributed by atoms with Crippen LogP contribution in [0.2, 0.25) is 0 Å². The SMILES string of the molecule is Cc1noc(C)c1-c1ccc2c(c1)C(C1CCCCC1)C(=O)N2N. The highest BCUT2D eigenvalue weighted by Gasteiger charge is 2.41. The van der Waals surface area contributed by atoms with E-state index in [2.05, 4.69) is 11.2 Å². The predicted molar refractivity (Wildman–Crippen MR) is 92.4 cm³/mol. The number of nitrogens with zero attached hydrogens (tertiary/aromatic N) is 2. The molecule has 1 unspecified atom stereocenters. The van der Waals surface area contributed by atoms with Gasteiger partial charge >= 0.3 is 0 Å². The summed E-state index contributed by atoms with van der Waals surface area (Å²) in [6.45, 7) is 3.86. The van der Waals surface area contributed by atoms with E-state index in [1.165, 1.54) is 24.3 Å². The summed E-state index contributed by atoms with van der Waals surface area (Å²) in [6.07, 6.45) is 5.91. The number of anilines is 1. The van der Waals surface area contributed by atoms with Crippen molar-refractivity contribution < 1.29 is 9.32 Å². The summed E-state index contributed by atoms with van der Waals surface area (Å²) in [5, 5.41) is 5.39. The Morgan fingerprint density at radius 3 is 2.62 bits per heavy atom. The standard InChI is InChI=1S/C19H23N3O2/c1-11-17(12(2)24-21-11)14-8-9-16-15(10-14)18(19(23)22(16)20)13-6-4-3-5-7-13/h8-10,13,18H,3-7,20H2,1-2H3. The fourth-order valence-electron chi connectivity index (χ4n) is 4.40. The van der Waals surface area contributed by atoms with E-state index >= 15 is 0 Å². The lowest BCUT2D eigenvalue weighted by molar-refractivity contribution is -0.120. The molecule has 1 saturated carbocycles. The minimum atomic E-state index is -0.106. The second kappa shape index (κ2) is 5.74. The molecule has 1 amide bonds. The first-order valence-corrected chi connectivity index (χ1v) is 8.74. The highest BCUT2D eigenvalue weighted by Crippen LogP contribution is 2.46. The molecule has 0 radical (unpaired) electrons. The van der Waals surface area contributed by atoms with Gasteiger partial charge in [-0.15, -0.1) is 0 Å². The maximum atomic E-state index is 12.8. The normalized spacial score (nSPS) is 21.4. The molecule has 0 spiro atoms. The zero-order valence-corrected chi connectivity index (χ0v) is 14.2. The molecule has 1 aromatic heterocycles. The number of aryl methyl sites for hydroxylation is 2. The Bertz CT molecular complexity index is 770. The van der Waals surface area contributed by atoms with Crippen molar-refractivity contribution in [2.75, 3.05) is 5.01 Å². The third kappa shape index (κ3) is 2.26. The largest absolute Gasteiger partial charge is 0.361 e. The Morgan fingerprint density at radius 2 is 1.96 bits per heavy atom. The second-order valence-corrected chi connectivity index (χ2v) is 7.06. The third-order valence-corrected chi connectivity index (χ3v) is 5.57. The average Bonchev–Trinajstić information content (AvgIpc) is 3.05. The number of carbonyl (C=O) groups excluding carboxylic acids is 1. The van der Waals surface area contributed by atoms with Gasteiger partial charge in [0.1, 0.15) is 5.76 Å². The quantitative estimate of drug-likeness (QED) is 0.672. The lowest BCUT2D eigenvalue weighted by Gasteiger charge is -2.26. The molecule has 5 heteroatoms. The molecule has 24 heavy (non-hydrogen) atoms. The van der Waals surface area contributed by atoms with E-state index in [9.17, 15) is 4.79 Å². The number of fused-ring (bicyclic) bond motifs is 1. The van der Waals surface area contributed by atoms with Crippen molar-refractivity contribution in [2.45, 2.75) is 51.9 Å². The Balaban J connectivity index is 1.80. The number of hydrogen-bond donors (Lipinski definition) is 1. The van der Waals surface area contributed by atoms with E-state index in [1.807, 2.05) is 26.0 Å². The third-order valence-electron chi connectivity index (χ3n) is 5.57. The van der Waals surface area contributed by atoms with Crippen LogP contribution in [0.5, 0.6) is 0 Å². The van der Waals surface area contributed by atoms with Crippen LogP contribution >= 0.6 is 0 Å². The topological polar surface area (TPSA) is 72.4 Å². The smallest absolute Gasteiger partial charge is 0.249 e. The summed E-state index contributed by atoms with van der Waals surface area (Å²) in [5.74, 6) is 7.20. The summed E-state index contributed by atoms with van der Waals surface area (Å²) in [6, 6.07) is 6.07. The fourth-order valence-corrected chi connectivity index (χ4v) is 4.40. The minimum Gasteiger partial charge on any atom is -0.361 e. The van der Waals surface area contributed by atoms with E-state index < -0.39 is 0 Å². The Morgan fingerprint density at radius 1 is 1.21 bits per heavy atom. The van der Waals surface area contributed by atoms with Crippen LogP contribution in [0.4, 0.5) is 5.69 Å². The van der Waals surface area contributed by atoms with Gasteiger partial charge in [-0.1, -0.05) is 30.5 Å². The number of aromatic nitrogens is 1. The number of nitrogens with two attached hydrogens (primary N) is 1. The molecule has 1 fully saturated rings. The number of carbonyl (C=O) groups is 1. The Hall–Kier alpha value is -2.14. The van der Waals surface area contributed by atoms with Crippen LogP contribution in [0.3, 0.4) is 0 Å². The van der Waals surface area contributed by atoms with Crippen LogP contribution in [0, 0.1) is 19.8 Å². The molecular weight excluding hydrogens is 302 g/mol. The monoisotopic (exact) mass is 325 g/mol. The van der Waals surface area contributed by atoms with Gasteiger partial charge in [0.15, 0.2) is 0 Å². The highest BCUT2D eigenvalue weighted by molar-refractivity contribution is 6.04. The number of hydrazine groups is 1. The predicted octanol–water partition coefficient (Wildman–Crippen LogP) is 3.84. The molecule has 1 aliphatic carbocycles. The lowest BCUT2D eigenvalue weighted by Crippen LogP contribution is -2.37. The van der Waals surface area contributed by atoms with Gasteiger partial charge in [-0.05, 0) is 55.9 Å². The molecule has 0 saturated heterocycles. The molecule has 2 heterocycles. The summed E-state index contributed by atoms with van der Waals surface area (Å²) in [7, 11) is 0. The molecule has 4 rings (SSSR count). The maximum absolute atomic E-state index is 12.8. The minimum absolute atomic E-state index is 0.0350. The van der Waals surface area contributed by atoms with Gasteiger partial charge in [0.05, 0.1) is 17.3 Å². The fraction of sp³-hybridized carbons (Fsp3) is 0.474.